The highest BCUT2D eigenvalue weighted by atomic mass is 35.5. The second-order valence-corrected chi connectivity index (χ2v) is 54.1. The Bertz CT molecular complexity index is 7010. The minimum atomic E-state index is -4.75. The van der Waals surface area contributed by atoms with Crippen LogP contribution in [0.4, 0.5) is 111 Å². The third kappa shape index (κ3) is 28.6. The maximum Gasteiger partial charge on any atom is 0.421 e. The Morgan fingerprint density at radius 1 is 0.421 bits per heavy atom. The van der Waals surface area contributed by atoms with E-state index < -0.39 is 76.3 Å². The lowest BCUT2D eigenvalue weighted by molar-refractivity contribution is -0.137. The number of piperazine rings is 1. The van der Waals surface area contributed by atoms with E-state index in [4.69, 9.17) is 65.4 Å². The zero-order chi connectivity index (χ0) is 102. The molecule has 0 spiro atoms. The molecule has 2 aliphatic heterocycles. The molecule has 2 saturated heterocycles. The summed E-state index contributed by atoms with van der Waals surface area (Å²) >= 11 is 24.9. The summed E-state index contributed by atoms with van der Waals surface area (Å²) in [5.41, 5.74) is 4.88. The van der Waals surface area contributed by atoms with Gasteiger partial charge in [0.15, 0.2) is 37.1 Å². The van der Waals surface area contributed by atoms with Crippen LogP contribution in [0.25, 0.3) is 0 Å². The molecule has 2 aliphatic rings. The Balaban J connectivity index is 0.000000180. The predicted octanol–water partition coefficient (Wildman–Crippen LogP) is 21.3. The molecular formula is C95H111Cl4F3N20O12P4S2. The summed E-state index contributed by atoms with van der Waals surface area (Å²) in [7, 11) is -8.52. The summed E-state index contributed by atoms with van der Waals surface area (Å²) in [5.74, 6) is 3.15. The molecule has 14 rings (SSSR count). The molecule has 6 heterocycles. The molecule has 0 atom stereocenters. The number of hydrogen-bond donors (Lipinski definition) is 8. The number of ether oxygens (including phenoxy) is 4. The molecule has 0 unspecified atom stereocenters. The molecule has 45 heteroatoms. The smallest absolute Gasteiger partial charge is 0.421 e. The lowest BCUT2D eigenvalue weighted by Gasteiger charge is -2.42. The van der Waals surface area contributed by atoms with Gasteiger partial charge in [-0.2, -0.15) is 38.4 Å². The van der Waals surface area contributed by atoms with E-state index in [0.29, 0.717) is 91.1 Å². The second-order valence-electron chi connectivity index (χ2n) is 34.6. The molecule has 8 N–H and O–H groups in total. The van der Waals surface area contributed by atoms with Crippen molar-refractivity contribution in [2.45, 2.75) is 80.0 Å². The van der Waals surface area contributed by atoms with Crippen molar-refractivity contribution >= 4 is 214 Å². The van der Waals surface area contributed by atoms with Gasteiger partial charge in [-0.1, -0.05) is 70.7 Å². The number of aromatic nitrogens is 8. The molecule has 0 bridgehead atoms. The molecule has 0 aliphatic carbocycles. The topological polar surface area (TPSA) is 406 Å². The Kier molecular flexibility index (Phi) is 36.3. The average molecular weight is 2110 g/mol. The standard InChI is InChI=1S/C30H41ClN7O3P.C22H26ClN4O4PS.C22H26ClN4O3PS.C21H18ClF3N5O2P/c1-36-14-16-38(17-15-36)21-10-12-37(13-11-21)22-6-8-26(27(18-22)40-2)34-30-32-20-24(31)29(35-30)33-25-9-7-23(42(4,5)39)19-28(25)41-3;1-14(2)33(29,30)20-9-7-6-8-17(20)25-21-16(23)13-24-22(27-21)26-18-12-15(32(4,5)28)10-11-19(18)31-3;1-14(2)32(29,30)20-9-7-6-8-19(20)25-21-17(23)13-24-22(27-21)26-18-11-10-16(12-15(18)3)31(4,5)28;1-32-18-9-14(33(2,3)31)5-7-17(18)29-20-27-11-15(21(23,24)25)19(30-20)28-16-6-4-13(22)8-12(16)10-26/h6-9,18-21H,10-17H2,1-5H3,(H2,32,33,34,35);6-14H,1-5H3,(H2,24,25,26,27);6-14H,1-5H3,(H2,24,25,26,27);4-9,11H,1-3H3,(H2,27,28,29,30). The summed E-state index contributed by atoms with van der Waals surface area (Å²) in [6.45, 7) is 28.6. The van der Waals surface area contributed by atoms with Gasteiger partial charge in [0.05, 0.1) is 113 Å². The largest absolute Gasteiger partial charge is 0.495 e. The van der Waals surface area contributed by atoms with E-state index in [0.717, 1.165) is 59.4 Å². The zero-order valence-electron chi connectivity index (χ0n) is 80.2. The maximum atomic E-state index is 13.6. The Morgan fingerprint density at radius 3 is 1.21 bits per heavy atom. The summed E-state index contributed by atoms with van der Waals surface area (Å²) in [6, 6.07) is 47.0. The third-order valence-electron chi connectivity index (χ3n) is 22.4. The fourth-order valence-corrected chi connectivity index (χ4v) is 20.8. The SMILES string of the molecule is COc1cc(N2CCC(N3CCN(C)CC3)CC2)ccc1Nc1ncc(Cl)c(Nc2ccc(P(C)(C)=O)cc2OC)n1.COc1cc(P(C)(C)=O)ccc1Nc1ncc(C(F)(F)F)c(Nc2ccc(Cl)cc2C#N)n1.COc1ccc(P(C)(C)=O)cc1Nc1ncc(Cl)c(Nc2ccccc2S(=O)(=O)C(C)C)n1.Cc1cc(P(C)(C)=O)ccc1Nc1ncc(Cl)c(Nc2ccccc2S(=O)(=O)C(C)C)n1. The van der Waals surface area contributed by atoms with Crippen LogP contribution in [0.2, 0.25) is 20.1 Å². The molecule has 32 nitrogen and oxygen atoms in total. The van der Waals surface area contributed by atoms with Gasteiger partial charge < -0.3 is 89.5 Å². The number of halogens is 7. The molecule has 12 aromatic rings. The number of rotatable bonds is 30. The van der Waals surface area contributed by atoms with E-state index >= 15 is 0 Å². The lowest BCUT2D eigenvalue weighted by Crippen LogP contribution is -2.52. The Hall–Kier alpha value is -11.3. The number of benzene rings is 8. The molecule has 4 aromatic heterocycles. The summed E-state index contributed by atoms with van der Waals surface area (Å²) in [5, 5.41) is 36.1. The van der Waals surface area contributed by atoms with E-state index in [1.807, 2.05) is 49.4 Å². The number of methoxy groups -OCH3 is 4. The first-order valence-electron chi connectivity index (χ1n) is 43.7. The van der Waals surface area contributed by atoms with E-state index in [9.17, 15) is 53.5 Å². The van der Waals surface area contributed by atoms with Crippen LogP contribution < -0.4 is 87.6 Å². The number of anilines is 17. The van der Waals surface area contributed by atoms with Crippen LogP contribution in [-0.2, 0) is 44.1 Å². The van der Waals surface area contributed by atoms with Crippen molar-refractivity contribution < 1.29 is 67.2 Å². The number of piperidine rings is 1. The fraction of sp³-hybridized carbons (Fsp3) is 0.316. The van der Waals surface area contributed by atoms with E-state index in [1.165, 1.54) is 83.0 Å². The molecule has 744 valence electrons. The molecular weight excluding hydrogens is 2000 g/mol. The van der Waals surface area contributed by atoms with Gasteiger partial charge in [-0.15, -0.1) is 0 Å². The first kappa shape index (κ1) is 109. The number of alkyl halides is 3. The highest BCUT2D eigenvalue weighted by Crippen LogP contribution is 2.45. The zero-order valence-corrected chi connectivity index (χ0v) is 88.5. The van der Waals surface area contributed by atoms with Crippen LogP contribution in [0.5, 0.6) is 23.0 Å². The number of nitrogens with zero attached hydrogens (tertiary/aromatic N) is 12. The highest BCUT2D eigenvalue weighted by Gasteiger charge is 2.37. The van der Waals surface area contributed by atoms with Crippen molar-refractivity contribution in [3.63, 3.8) is 0 Å². The summed E-state index contributed by atoms with van der Waals surface area (Å²) < 4.78 is 163. The van der Waals surface area contributed by atoms with Crippen molar-refractivity contribution in [2.24, 2.45) is 0 Å². The normalized spacial score (nSPS) is 13.5. The van der Waals surface area contributed by atoms with Crippen LogP contribution >= 0.6 is 75.0 Å². The molecule has 140 heavy (non-hydrogen) atoms. The lowest BCUT2D eigenvalue weighted by atomic mass is 10.0. The van der Waals surface area contributed by atoms with Crippen molar-refractivity contribution in [2.75, 3.05) is 176 Å². The number of sulfone groups is 2. The minimum absolute atomic E-state index is 0.0459. The first-order valence-corrected chi connectivity index (χ1v) is 58.7. The van der Waals surface area contributed by atoms with Gasteiger partial charge in [0.1, 0.15) is 84.1 Å². The molecule has 0 amide bonds. The average Bonchev–Trinajstić information content (AvgIpc) is 0.799. The minimum Gasteiger partial charge on any atom is -0.495 e. The van der Waals surface area contributed by atoms with E-state index in [-0.39, 0.29) is 65.6 Å². The quantitative estimate of drug-likeness (QED) is 0.0194. The highest BCUT2D eigenvalue weighted by molar-refractivity contribution is 7.92. The van der Waals surface area contributed by atoms with Crippen molar-refractivity contribution in [1.29, 1.82) is 5.26 Å². The van der Waals surface area contributed by atoms with Gasteiger partial charge in [-0.05, 0) is 241 Å². The Morgan fingerprint density at radius 2 is 0.786 bits per heavy atom. The van der Waals surface area contributed by atoms with Gasteiger partial charge in [0.2, 0.25) is 23.8 Å². The fourth-order valence-electron chi connectivity index (χ4n) is 14.3. The number of nitrogens with one attached hydrogen (secondary N) is 8. The molecule has 0 radical (unpaired) electrons. The molecule has 8 aromatic carbocycles. The van der Waals surface area contributed by atoms with Gasteiger partial charge in [-0.25, -0.2) is 36.8 Å². The van der Waals surface area contributed by atoms with Gasteiger partial charge >= 0.3 is 6.18 Å². The van der Waals surface area contributed by atoms with Crippen molar-refractivity contribution in [3.8, 4) is 29.1 Å². The van der Waals surface area contributed by atoms with Crippen LogP contribution in [0.1, 0.15) is 57.2 Å². The maximum absolute atomic E-state index is 13.6. The number of aryl methyl sites for hydroxylation is 1. The predicted molar refractivity (Wildman–Crippen MR) is 562 cm³/mol. The Labute approximate surface area is 834 Å². The van der Waals surface area contributed by atoms with Crippen molar-refractivity contribution in [1.82, 2.24) is 49.7 Å². The first-order chi connectivity index (χ1) is 65.9. The summed E-state index contributed by atoms with van der Waals surface area (Å²) in [6.07, 6.45) is 2.61. The summed E-state index contributed by atoms with van der Waals surface area (Å²) in [4.78, 5) is 41.8. The molecule has 0 saturated carbocycles. The second kappa shape index (κ2) is 46.6. The van der Waals surface area contributed by atoms with Gasteiger partial charge in [-0.3, -0.25) is 4.90 Å². The van der Waals surface area contributed by atoms with E-state index in [1.54, 1.807) is 180 Å². The van der Waals surface area contributed by atoms with Gasteiger partial charge in [0.25, 0.3) is 0 Å². The number of likely N-dealkylation sites (N-methyl/N-ethyl adjacent to an activating group) is 1. The van der Waals surface area contributed by atoms with Crippen LogP contribution in [0.15, 0.2) is 192 Å². The number of hydrogen-bond acceptors (Lipinski definition) is 32. The number of para-hydroxylation sites is 2. The molecule has 2 fully saturated rings. The van der Waals surface area contributed by atoms with Crippen molar-refractivity contribution in [3.05, 3.63) is 219 Å². The van der Waals surface area contributed by atoms with Crippen LogP contribution in [-0.4, -0.2) is 211 Å². The van der Waals surface area contributed by atoms with Gasteiger partial charge in [0, 0.05) is 95.2 Å². The number of nitriles is 1. The van der Waals surface area contributed by atoms with E-state index in [2.05, 4.69) is 116 Å². The third-order valence-corrected chi connectivity index (χ3v) is 33.9. The van der Waals surface area contributed by atoms with Crippen LogP contribution in [0, 0.1) is 18.3 Å². The monoisotopic (exact) mass is 2110 g/mol. The van der Waals surface area contributed by atoms with Crippen LogP contribution in [0.3, 0.4) is 0 Å².